The van der Waals surface area contributed by atoms with E-state index in [9.17, 15) is 0 Å². The third-order valence-electron chi connectivity index (χ3n) is 1.63. The van der Waals surface area contributed by atoms with Gasteiger partial charge < -0.3 is 10.6 Å². The van der Waals surface area contributed by atoms with Gasteiger partial charge in [-0.2, -0.15) is 0 Å². The number of nitrogens with one attached hydrogen (secondary N) is 2. The Balaban J connectivity index is 4.01. The average molecular weight is 199 g/mol. The maximum atomic E-state index is 4.49. The fraction of sp³-hybridized carbons (Fsp3) is 0.909. The maximum absolute atomic E-state index is 4.49. The lowest BCUT2D eigenvalue weighted by molar-refractivity contribution is 0.652. The first-order valence-electron chi connectivity index (χ1n) is 5.63. The summed E-state index contributed by atoms with van der Waals surface area (Å²) < 4.78 is 0. The van der Waals surface area contributed by atoms with Crippen molar-refractivity contribution in [2.45, 2.75) is 59.5 Å². The first kappa shape index (κ1) is 13.3. The average Bonchev–Trinajstić information content (AvgIpc) is 2.02. The Bertz CT molecular complexity index is 150. The van der Waals surface area contributed by atoms with Gasteiger partial charge in [-0.05, 0) is 34.1 Å². The second-order valence-corrected chi connectivity index (χ2v) is 4.18. The lowest BCUT2D eigenvalue weighted by Gasteiger charge is -2.17. The van der Waals surface area contributed by atoms with Gasteiger partial charge in [0.1, 0.15) is 0 Å². The molecule has 0 aliphatic rings. The molecule has 0 saturated carbocycles. The molecule has 3 heteroatoms. The Labute approximate surface area is 88.4 Å². The van der Waals surface area contributed by atoms with Crippen molar-refractivity contribution in [3.05, 3.63) is 0 Å². The van der Waals surface area contributed by atoms with Gasteiger partial charge in [-0.25, -0.2) is 0 Å². The number of hydrogen-bond donors (Lipinski definition) is 2. The van der Waals surface area contributed by atoms with Gasteiger partial charge in [-0.3, -0.25) is 4.99 Å². The van der Waals surface area contributed by atoms with Gasteiger partial charge in [-0.1, -0.05) is 13.3 Å². The zero-order valence-electron chi connectivity index (χ0n) is 10.2. The van der Waals surface area contributed by atoms with E-state index in [1.807, 2.05) is 0 Å². The molecule has 3 nitrogen and oxygen atoms in total. The Morgan fingerprint density at radius 2 is 1.57 bits per heavy atom. The van der Waals surface area contributed by atoms with Crippen molar-refractivity contribution >= 4 is 5.96 Å². The van der Waals surface area contributed by atoms with Gasteiger partial charge in [0, 0.05) is 18.6 Å². The van der Waals surface area contributed by atoms with E-state index >= 15 is 0 Å². The Morgan fingerprint density at radius 1 is 1.07 bits per heavy atom. The van der Waals surface area contributed by atoms with Crippen LogP contribution in [-0.2, 0) is 0 Å². The van der Waals surface area contributed by atoms with Crippen molar-refractivity contribution < 1.29 is 0 Å². The third kappa shape index (κ3) is 7.90. The van der Waals surface area contributed by atoms with Gasteiger partial charge in [0.15, 0.2) is 5.96 Å². The number of rotatable bonds is 5. The summed E-state index contributed by atoms with van der Waals surface area (Å²) in [6.07, 6.45) is 2.35. The smallest absolute Gasteiger partial charge is 0.191 e. The third-order valence-corrected chi connectivity index (χ3v) is 1.63. The van der Waals surface area contributed by atoms with Gasteiger partial charge in [0.2, 0.25) is 0 Å². The van der Waals surface area contributed by atoms with Crippen LogP contribution in [0.1, 0.15) is 47.5 Å². The molecule has 0 aromatic rings. The summed E-state index contributed by atoms with van der Waals surface area (Å²) in [4.78, 5) is 4.49. The van der Waals surface area contributed by atoms with Crippen LogP contribution in [0.3, 0.4) is 0 Å². The molecule has 0 aromatic carbocycles. The van der Waals surface area contributed by atoms with Crippen molar-refractivity contribution in [2.24, 2.45) is 4.99 Å². The Kier molecular flexibility index (Phi) is 7.25. The molecular weight excluding hydrogens is 174 g/mol. The fourth-order valence-corrected chi connectivity index (χ4v) is 1.03. The molecule has 0 unspecified atom stereocenters. The molecule has 84 valence electrons. The molecule has 0 saturated heterocycles. The van der Waals surface area contributed by atoms with E-state index in [0.717, 1.165) is 18.9 Å². The molecule has 0 atom stereocenters. The van der Waals surface area contributed by atoms with E-state index in [4.69, 9.17) is 0 Å². The predicted octanol–water partition coefficient (Wildman–Crippen LogP) is 2.14. The summed E-state index contributed by atoms with van der Waals surface area (Å²) >= 11 is 0. The summed E-state index contributed by atoms with van der Waals surface area (Å²) in [5.74, 6) is 0.934. The molecule has 0 bridgehead atoms. The highest BCUT2D eigenvalue weighted by molar-refractivity contribution is 5.80. The van der Waals surface area contributed by atoms with Crippen LogP contribution in [0.15, 0.2) is 4.99 Å². The zero-order valence-corrected chi connectivity index (χ0v) is 10.2. The van der Waals surface area contributed by atoms with Gasteiger partial charge in [0.05, 0.1) is 0 Å². The molecule has 0 aromatic heterocycles. The van der Waals surface area contributed by atoms with Gasteiger partial charge in [0.25, 0.3) is 0 Å². The van der Waals surface area contributed by atoms with Crippen LogP contribution in [0, 0.1) is 0 Å². The molecule has 0 spiro atoms. The molecule has 2 N–H and O–H groups in total. The molecule has 0 fully saturated rings. The largest absolute Gasteiger partial charge is 0.354 e. The number of guanidine groups is 1. The molecular formula is C11H25N3. The van der Waals surface area contributed by atoms with Crippen LogP contribution in [0.25, 0.3) is 0 Å². The monoisotopic (exact) mass is 199 g/mol. The van der Waals surface area contributed by atoms with E-state index in [1.54, 1.807) is 0 Å². The van der Waals surface area contributed by atoms with Crippen molar-refractivity contribution in [3.8, 4) is 0 Å². The molecule has 0 radical (unpaired) electrons. The van der Waals surface area contributed by atoms with E-state index in [-0.39, 0.29) is 0 Å². The fourth-order valence-electron chi connectivity index (χ4n) is 1.03. The Morgan fingerprint density at radius 3 is 1.93 bits per heavy atom. The van der Waals surface area contributed by atoms with Crippen LogP contribution in [0.5, 0.6) is 0 Å². The quantitative estimate of drug-likeness (QED) is 0.404. The predicted molar refractivity (Wildman–Crippen MR) is 63.8 cm³/mol. The SMILES string of the molecule is CCCCN=C(NC(C)C)NC(C)C. The molecule has 0 amide bonds. The van der Waals surface area contributed by atoms with E-state index in [0.29, 0.717) is 12.1 Å². The van der Waals surface area contributed by atoms with Gasteiger partial charge >= 0.3 is 0 Å². The summed E-state index contributed by atoms with van der Waals surface area (Å²) in [6.45, 7) is 11.6. The summed E-state index contributed by atoms with van der Waals surface area (Å²) in [7, 11) is 0. The van der Waals surface area contributed by atoms with E-state index in [2.05, 4.69) is 50.2 Å². The normalized spacial score (nSPS) is 10.5. The maximum Gasteiger partial charge on any atom is 0.191 e. The minimum Gasteiger partial charge on any atom is -0.354 e. The lowest BCUT2D eigenvalue weighted by atomic mass is 10.3. The number of hydrogen-bond acceptors (Lipinski definition) is 1. The zero-order chi connectivity index (χ0) is 11.0. The molecule has 0 aliphatic carbocycles. The molecule has 0 rings (SSSR count). The standard InChI is InChI=1S/C11H25N3/c1-6-7-8-12-11(13-9(2)3)14-10(4)5/h9-10H,6-8H2,1-5H3,(H2,12,13,14). The van der Waals surface area contributed by atoms with Crippen molar-refractivity contribution in [1.82, 2.24) is 10.6 Å². The highest BCUT2D eigenvalue weighted by atomic mass is 15.2. The second-order valence-electron chi connectivity index (χ2n) is 4.18. The van der Waals surface area contributed by atoms with E-state index < -0.39 is 0 Å². The van der Waals surface area contributed by atoms with E-state index in [1.165, 1.54) is 6.42 Å². The van der Waals surface area contributed by atoms with Crippen LogP contribution in [0.2, 0.25) is 0 Å². The minimum absolute atomic E-state index is 0.432. The Hall–Kier alpha value is -0.730. The summed E-state index contributed by atoms with van der Waals surface area (Å²) in [6, 6.07) is 0.864. The second kappa shape index (κ2) is 7.65. The topological polar surface area (TPSA) is 36.4 Å². The van der Waals surface area contributed by atoms with Crippen LogP contribution in [0.4, 0.5) is 0 Å². The highest BCUT2D eigenvalue weighted by Gasteiger charge is 2.01. The van der Waals surface area contributed by atoms with Crippen molar-refractivity contribution in [3.63, 3.8) is 0 Å². The van der Waals surface area contributed by atoms with Crippen LogP contribution < -0.4 is 10.6 Å². The first-order chi connectivity index (χ1) is 6.56. The number of unbranched alkanes of at least 4 members (excludes halogenated alkanes) is 1. The van der Waals surface area contributed by atoms with Crippen LogP contribution in [-0.4, -0.2) is 24.6 Å². The summed E-state index contributed by atoms with van der Waals surface area (Å²) in [5.41, 5.74) is 0. The number of aliphatic imine (C=N–C) groups is 1. The lowest BCUT2D eigenvalue weighted by Crippen LogP contribution is -2.44. The van der Waals surface area contributed by atoms with Crippen LogP contribution >= 0.6 is 0 Å². The van der Waals surface area contributed by atoms with Gasteiger partial charge in [-0.15, -0.1) is 0 Å². The molecule has 0 heterocycles. The minimum atomic E-state index is 0.432. The first-order valence-corrected chi connectivity index (χ1v) is 5.63. The highest BCUT2D eigenvalue weighted by Crippen LogP contribution is 1.88. The van der Waals surface area contributed by atoms with Crippen molar-refractivity contribution in [1.29, 1.82) is 0 Å². The van der Waals surface area contributed by atoms with Crippen molar-refractivity contribution in [2.75, 3.05) is 6.54 Å². The number of nitrogens with zero attached hydrogens (tertiary/aromatic N) is 1. The molecule has 0 aliphatic heterocycles. The summed E-state index contributed by atoms with van der Waals surface area (Å²) in [5, 5.41) is 6.62. The molecule has 14 heavy (non-hydrogen) atoms.